The maximum atomic E-state index is 13.2. The van der Waals surface area contributed by atoms with Crippen molar-refractivity contribution in [3.63, 3.8) is 0 Å². The number of amides is 3. The van der Waals surface area contributed by atoms with E-state index in [0.29, 0.717) is 23.0 Å². The molecule has 3 amide bonds. The zero-order valence-electron chi connectivity index (χ0n) is 15.6. The van der Waals surface area contributed by atoms with Crippen molar-refractivity contribution in [1.29, 1.82) is 0 Å². The number of fused-ring (bicyclic) bond motifs is 1. The van der Waals surface area contributed by atoms with Gasteiger partial charge in [-0.25, -0.2) is 0 Å². The number of carbonyl (C=O) groups excluding carboxylic acids is 3. The van der Waals surface area contributed by atoms with E-state index in [0.717, 1.165) is 17.0 Å². The van der Waals surface area contributed by atoms with Gasteiger partial charge in [-0.1, -0.05) is 30.3 Å². The molecular formula is C20H13F3N4O3S. The quantitative estimate of drug-likeness (QED) is 0.701. The molecule has 11 heteroatoms. The molecule has 0 atom stereocenters. The number of anilines is 2. The van der Waals surface area contributed by atoms with E-state index in [2.05, 4.69) is 10.3 Å². The fourth-order valence-corrected chi connectivity index (χ4v) is 4.09. The first-order valence-corrected chi connectivity index (χ1v) is 9.66. The number of hydrogen-bond acceptors (Lipinski definition) is 5. The van der Waals surface area contributed by atoms with Gasteiger partial charge in [0.1, 0.15) is 12.4 Å². The van der Waals surface area contributed by atoms with E-state index in [1.165, 1.54) is 12.1 Å². The number of carbonyl (C=O) groups is 3. The monoisotopic (exact) mass is 446 g/mol. The van der Waals surface area contributed by atoms with Crippen LogP contribution < -0.4 is 16.0 Å². The summed E-state index contributed by atoms with van der Waals surface area (Å²) in [7, 11) is 0. The van der Waals surface area contributed by atoms with Crippen molar-refractivity contribution in [2.24, 2.45) is 10.7 Å². The van der Waals surface area contributed by atoms with E-state index in [1.54, 1.807) is 24.3 Å². The second-order valence-electron chi connectivity index (χ2n) is 6.57. The molecular weight excluding hydrogens is 433 g/mol. The molecule has 158 valence electrons. The van der Waals surface area contributed by atoms with E-state index < -0.39 is 41.0 Å². The Labute approximate surface area is 177 Å². The van der Waals surface area contributed by atoms with Gasteiger partial charge in [0.15, 0.2) is 0 Å². The predicted molar refractivity (Wildman–Crippen MR) is 110 cm³/mol. The van der Waals surface area contributed by atoms with Gasteiger partial charge in [0.05, 0.1) is 27.4 Å². The lowest BCUT2D eigenvalue weighted by Crippen LogP contribution is -2.36. The van der Waals surface area contributed by atoms with Crippen molar-refractivity contribution in [3.8, 4) is 0 Å². The third-order valence-electron chi connectivity index (χ3n) is 4.59. The Morgan fingerprint density at radius 2 is 1.77 bits per heavy atom. The predicted octanol–water partition coefficient (Wildman–Crippen LogP) is 3.63. The smallest absolute Gasteiger partial charge is 0.383 e. The van der Waals surface area contributed by atoms with Crippen LogP contribution in [0.2, 0.25) is 0 Å². The molecule has 2 aliphatic rings. The van der Waals surface area contributed by atoms with Crippen molar-refractivity contribution in [2.75, 3.05) is 16.8 Å². The van der Waals surface area contributed by atoms with Crippen LogP contribution in [0.3, 0.4) is 0 Å². The van der Waals surface area contributed by atoms with E-state index in [4.69, 9.17) is 5.73 Å². The van der Waals surface area contributed by atoms with Gasteiger partial charge < -0.3 is 11.1 Å². The highest BCUT2D eigenvalue weighted by Gasteiger charge is 2.39. The minimum Gasteiger partial charge on any atom is -0.383 e. The van der Waals surface area contributed by atoms with Crippen molar-refractivity contribution in [1.82, 2.24) is 0 Å². The first-order chi connectivity index (χ1) is 14.7. The maximum Gasteiger partial charge on any atom is 0.418 e. The van der Waals surface area contributed by atoms with Gasteiger partial charge in [-0.15, -0.1) is 0 Å². The number of benzene rings is 2. The molecule has 3 N–H and O–H groups in total. The first kappa shape index (κ1) is 20.7. The van der Waals surface area contributed by atoms with Crippen LogP contribution in [0.25, 0.3) is 5.57 Å². The zero-order valence-corrected chi connectivity index (χ0v) is 16.4. The summed E-state index contributed by atoms with van der Waals surface area (Å²) >= 11 is 0.705. The molecule has 0 radical (unpaired) electrons. The summed E-state index contributed by atoms with van der Waals surface area (Å²) in [5.74, 6) is -1.52. The third-order valence-corrected chi connectivity index (χ3v) is 5.48. The second kappa shape index (κ2) is 7.58. The summed E-state index contributed by atoms with van der Waals surface area (Å²) < 4.78 is 39.5. The molecule has 0 spiro atoms. The summed E-state index contributed by atoms with van der Waals surface area (Å²) in [6, 6.07) is 11.1. The Morgan fingerprint density at radius 1 is 1.10 bits per heavy atom. The fraction of sp³-hybridized carbons (Fsp3) is 0.100. The summed E-state index contributed by atoms with van der Waals surface area (Å²) in [5, 5.41) is 1.65. The number of alkyl halides is 3. The topological polar surface area (TPSA) is 105 Å². The average molecular weight is 446 g/mol. The molecule has 0 fully saturated rings. The minimum atomic E-state index is -4.65. The lowest BCUT2D eigenvalue weighted by atomic mass is 10.1. The minimum absolute atomic E-state index is 0.0986. The van der Waals surface area contributed by atoms with E-state index in [-0.39, 0.29) is 16.3 Å². The number of para-hydroxylation sites is 2. The standard InChI is InChI=1S/C20H13F3N4O3S/c21-20(22,23)11-6-2-3-7-12(11)25-14(28)9-27-13-8-4-1-5-10(13)15(18(27)29)16-17(24)26-19(30)31-16/h1-8H,9H2,(H,25,28)(H2,24,26,30)/b16-15+. The molecule has 0 saturated heterocycles. The van der Waals surface area contributed by atoms with Gasteiger partial charge in [0, 0.05) is 5.56 Å². The van der Waals surface area contributed by atoms with E-state index in [1.807, 2.05) is 0 Å². The van der Waals surface area contributed by atoms with Crippen LogP contribution in [0.5, 0.6) is 0 Å². The number of nitrogens with zero attached hydrogens (tertiary/aromatic N) is 2. The van der Waals surface area contributed by atoms with Crippen LogP contribution in [0.1, 0.15) is 11.1 Å². The van der Waals surface area contributed by atoms with E-state index in [9.17, 15) is 27.6 Å². The molecule has 0 aromatic heterocycles. The Bertz CT molecular complexity index is 1190. The Morgan fingerprint density at radius 3 is 2.45 bits per heavy atom. The summed E-state index contributed by atoms with van der Waals surface area (Å²) in [6.45, 7) is -0.533. The van der Waals surface area contributed by atoms with Crippen LogP contribution >= 0.6 is 11.8 Å². The number of hydrogen-bond donors (Lipinski definition) is 2. The molecule has 0 bridgehead atoms. The van der Waals surface area contributed by atoms with Gasteiger partial charge in [0.25, 0.3) is 5.91 Å². The molecule has 0 aliphatic carbocycles. The SMILES string of the molecule is NC1=NC(=O)S/C1=C1/C(=O)N(CC(=O)Nc2ccccc2C(F)(F)F)c2ccccc21. The Hall–Kier alpha value is -3.60. The second-order valence-corrected chi connectivity index (χ2v) is 7.53. The maximum absolute atomic E-state index is 13.2. The normalized spacial score (nSPS) is 18.3. The van der Waals surface area contributed by atoms with Gasteiger partial charge in [-0.2, -0.15) is 18.2 Å². The Balaban J connectivity index is 1.64. The number of thioether (sulfide) groups is 1. The van der Waals surface area contributed by atoms with E-state index >= 15 is 0 Å². The molecule has 4 rings (SSSR count). The van der Waals surface area contributed by atoms with Crippen LogP contribution in [-0.4, -0.2) is 29.4 Å². The van der Waals surface area contributed by atoms with Gasteiger partial charge >= 0.3 is 11.4 Å². The number of halogens is 3. The molecule has 2 aromatic rings. The highest BCUT2D eigenvalue weighted by Crippen LogP contribution is 2.43. The number of nitrogens with one attached hydrogen (secondary N) is 1. The molecule has 2 aromatic carbocycles. The molecule has 0 unspecified atom stereocenters. The highest BCUT2D eigenvalue weighted by atomic mass is 32.2. The number of nitrogens with two attached hydrogens (primary N) is 1. The van der Waals surface area contributed by atoms with Crippen LogP contribution in [-0.2, 0) is 15.8 Å². The van der Waals surface area contributed by atoms with Crippen LogP contribution in [0.15, 0.2) is 58.4 Å². The third kappa shape index (κ3) is 3.79. The van der Waals surface area contributed by atoms with Crippen molar-refractivity contribution < 1.29 is 27.6 Å². The summed E-state index contributed by atoms with van der Waals surface area (Å²) in [4.78, 5) is 42.1. The summed E-state index contributed by atoms with van der Waals surface area (Å²) in [6.07, 6.45) is -4.65. The number of aliphatic imine (C=N–C) groups is 1. The zero-order chi connectivity index (χ0) is 22.3. The lowest BCUT2D eigenvalue weighted by Gasteiger charge is -2.18. The lowest BCUT2D eigenvalue weighted by molar-refractivity contribution is -0.137. The largest absolute Gasteiger partial charge is 0.418 e. The summed E-state index contributed by atoms with van der Waals surface area (Å²) in [5.41, 5.74) is 5.31. The Kier molecular flexibility index (Phi) is 5.05. The van der Waals surface area contributed by atoms with Crippen molar-refractivity contribution in [2.45, 2.75) is 6.18 Å². The van der Waals surface area contributed by atoms with Gasteiger partial charge in [0.2, 0.25) is 5.91 Å². The molecule has 0 saturated carbocycles. The molecule has 2 aliphatic heterocycles. The van der Waals surface area contributed by atoms with Gasteiger partial charge in [-0.05, 0) is 30.0 Å². The van der Waals surface area contributed by atoms with Gasteiger partial charge in [-0.3, -0.25) is 19.3 Å². The van der Waals surface area contributed by atoms with Crippen LogP contribution in [0.4, 0.5) is 29.3 Å². The highest BCUT2D eigenvalue weighted by molar-refractivity contribution is 8.18. The molecule has 2 heterocycles. The fourth-order valence-electron chi connectivity index (χ4n) is 3.32. The number of rotatable bonds is 3. The molecule has 31 heavy (non-hydrogen) atoms. The number of amidine groups is 1. The first-order valence-electron chi connectivity index (χ1n) is 8.85. The average Bonchev–Trinajstić information content (AvgIpc) is 3.17. The van der Waals surface area contributed by atoms with Crippen molar-refractivity contribution >= 4 is 51.6 Å². The van der Waals surface area contributed by atoms with Crippen molar-refractivity contribution in [3.05, 3.63) is 64.6 Å². The van der Waals surface area contributed by atoms with Crippen LogP contribution in [0, 0.1) is 0 Å². The molecule has 7 nitrogen and oxygen atoms in total.